The van der Waals surface area contributed by atoms with Crippen LogP contribution < -0.4 is 10.5 Å². The molecule has 0 saturated heterocycles. The fourth-order valence-corrected chi connectivity index (χ4v) is 0.827. The van der Waals surface area contributed by atoms with Gasteiger partial charge >= 0.3 is 11.8 Å². The summed E-state index contributed by atoms with van der Waals surface area (Å²) in [6, 6.07) is 3.19. The smallest absolute Gasteiger partial charge is 0.407 e. The minimum absolute atomic E-state index is 0.563. The van der Waals surface area contributed by atoms with Gasteiger partial charge in [-0.1, -0.05) is 6.07 Å². The van der Waals surface area contributed by atoms with Gasteiger partial charge in [-0.15, -0.1) is 0 Å². The number of benzene rings is 1. The van der Waals surface area contributed by atoms with Crippen molar-refractivity contribution in [2.45, 2.75) is 0 Å². The number of carbonyl (C=O) groups excluding carboxylic acids is 1. The van der Waals surface area contributed by atoms with Crippen LogP contribution in [-0.2, 0) is 0 Å². The van der Waals surface area contributed by atoms with E-state index in [2.05, 4.69) is 10.5 Å². The van der Waals surface area contributed by atoms with E-state index in [-0.39, 0.29) is 0 Å². The van der Waals surface area contributed by atoms with Crippen molar-refractivity contribution in [2.75, 3.05) is 0 Å². The number of halogens is 1. The maximum absolute atomic E-state index is 13.1. The molecule has 1 aromatic rings. The topological polar surface area (TPSA) is 95.5 Å². The fraction of sp³-hybridized carbons (Fsp3) is 0. The lowest BCUT2D eigenvalue weighted by atomic mass is 10.3. The Morgan fingerprint density at radius 3 is 2.71 bits per heavy atom. The maximum atomic E-state index is 13.1. The van der Waals surface area contributed by atoms with Crippen molar-refractivity contribution in [3.63, 3.8) is 0 Å². The maximum Gasteiger partial charge on any atom is 0.410 e. The SMILES string of the molecule is NC(=O)Oc1cccc([N+](=O)[O-])c1F. The Kier molecular flexibility index (Phi) is 2.61. The van der Waals surface area contributed by atoms with Gasteiger partial charge in [-0.25, -0.2) is 4.79 Å². The predicted octanol–water partition coefficient (Wildman–Crippen LogP) is 1.19. The van der Waals surface area contributed by atoms with Gasteiger partial charge in [-0.05, 0) is 6.07 Å². The molecular formula is C7H5FN2O4. The van der Waals surface area contributed by atoms with E-state index in [4.69, 9.17) is 0 Å². The number of nitrogens with zero attached hydrogens (tertiary/aromatic N) is 1. The van der Waals surface area contributed by atoms with E-state index in [9.17, 15) is 19.3 Å². The quantitative estimate of drug-likeness (QED) is 0.572. The van der Waals surface area contributed by atoms with Crippen molar-refractivity contribution in [2.24, 2.45) is 5.73 Å². The van der Waals surface area contributed by atoms with Gasteiger partial charge in [-0.3, -0.25) is 10.1 Å². The molecular weight excluding hydrogens is 195 g/mol. The highest BCUT2D eigenvalue weighted by Crippen LogP contribution is 2.25. The molecule has 1 amide bonds. The van der Waals surface area contributed by atoms with Crippen LogP contribution in [0.4, 0.5) is 14.9 Å². The lowest BCUT2D eigenvalue weighted by Crippen LogP contribution is -2.17. The Hall–Kier alpha value is -2.18. The molecule has 0 aliphatic heterocycles. The molecule has 74 valence electrons. The van der Waals surface area contributed by atoms with Crippen LogP contribution in [0.3, 0.4) is 0 Å². The molecule has 0 aromatic heterocycles. The Morgan fingerprint density at radius 2 is 2.21 bits per heavy atom. The molecule has 0 heterocycles. The molecule has 1 rings (SSSR count). The Balaban J connectivity index is 3.13. The van der Waals surface area contributed by atoms with Gasteiger partial charge in [0.2, 0.25) is 5.82 Å². The molecule has 0 aliphatic rings. The average Bonchev–Trinajstić information content (AvgIpc) is 2.07. The van der Waals surface area contributed by atoms with E-state index in [0.717, 1.165) is 12.1 Å². The molecule has 6 nitrogen and oxygen atoms in total. The predicted molar refractivity (Wildman–Crippen MR) is 43.3 cm³/mol. The first-order valence-electron chi connectivity index (χ1n) is 3.42. The standard InChI is InChI=1S/C7H5FN2O4/c8-6-4(10(12)13)2-1-3-5(6)14-7(9)11/h1-3H,(H2,9,11). The summed E-state index contributed by atoms with van der Waals surface area (Å²) in [4.78, 5) is 19.6. The average molecular weight is 200 g/mol. The molecule has 0 unspecified atom stereocenters. The normalized spacial score (nSPS) is 9.50. The molecule has 0 saturated carbocycles. The van der Waals surface area contributed by atoms with E-state index in [1.54, 1.807) is 0 Å². The van der Waals surface area contributed by atoms with Crippen LogP contribution in [0.5, 0.6) is 5.75 Å². The highest BCUT2D eigenvalue weighted by molar-refractivity contribution is 5.68. The summed E-state index contributed by atoms with van der Waals surface area (Å²) in [6.07, 6.45) is -1.23. The summed E-state index contributed by atoms with van der Waals surface area (Å²) in [5.41, 5.74) is 3.85. The molecule has 1 aromatic carbocycles. The second-order valence-electron chi connectivity index (χ2n) is 2.27. The van der Waals surface area contributed by atoms with Gasteiger partial charge in [0, 0.05) is 6.07 Å². The van der Waals surface area contributed by atoms with E-state index in [0.29, 0.717) is 0 Å². The number of carbonyl (C=O) groups is 1. The minimum Gasteiger partial charge on any atom is -0.407 e. The summed E-state index contributed by atoms with van der Waals surface area (Å²) in [7, 11) is 0. The third-order valence-corrected chi connectivity index (χ3v) is 1.35. The summed E-state index contributed by atoms with van der Waals surface area (Å²) >= 11 is 0. The first-order chi connectivity index (χ1) is 6.52. The molecule has 14 heavy (non-hydrogen) atoms. The Bertz CT molecular complexity index is 393. The zero-order valence-electron chi connectivity index (χ0n) is 6.77. The van der Waals surface area contributed by atoms with Crippen molar-refractivity contribution >= 4 is 11.8 Å². The fourth-order valence-electron chi connectivity index (χ4n) is 0.827. The molecule has 0 radical (unpaired) electrons. The number of primary amides is 1. The van der Waals surface area contributed by atoms with Crippen molar-refractivity contribution < 1.29 is 18.8 Å². The molecule has 0 spiro atoms. The first-order valence-corrected chi connectivity index (χ1v) is 3.42. The minimum atomic E-state index is -1.23. The number of nitro groups is 1. The summed E-state index contributed by atoms with van der Waals surface area (Å²) < 4.78 is 17.3. The number of rotatable bonds is 2. The Labute approximate surface area is 77.2 Å². The highest BCUT2D eigenvalue weighted by Gasteiger charge is 2.19. The van der Waals surface area contributed by atoms with Gasteiger partial charge in [-0.2, -0.15) is 4.39 Å². The van der Waals surface area contributed by atoms with Gasteiger partial charge in [0.25, 0.3) is 0 Å². The van der Waals surface area contributed by atoms with Crippen molar-refractivity contribution in [3.05, 3.63) is 34.1 Å². The third-order valence-electron chi connectivity index (χ3n) is 1.35. The van der Waals surface area contributed by atoms with Gasteiger partial charge in [0.1, 0.15) is 0 Å². The summed E-state index contributed by atoms with van der Waals surface area (Å²) in [5, 5.41) is 10.3. The second-order valence-corrected chi connectivity index (χ2v) is 2.27. The van der Waals surface area contributed by atoms with Crippen LogP contribution in [0.2, 0.25) is 0 Å². The molecule has 0 aliphatic carbocycles. The number of hydrogen-bond acceptors (Lipinski definition) is 4. The van der Waals surface area contributed by atoms with Crippen LogP contribution in [0.15, 0.2) is 18.2 Å². The monoisotopic (exact) mass is 200 g/mol. The van der Waals surface area contributed by atoms with Crippen LogP contribution in [0.1, 0.15) is 0 Å². The number of ether oxygens (including phenoxy) is 1. The lowest BCUT2D eigenvalue weighted by Gasteiger charge is -2.01. The number of nitro benzene ring substituents is 1. The summed E-state index contributed by atoms with van der Waals surface area (Å²) in [5.74, 6) is -1.79. The van der Waals surface area contributed by atoms with Crippen LogP contribution in [-0.4, -0.2) is 11.0 Å². The zero-order chi connectivity index (χ0) is 10.7. The van der Waals surface area contributed by atoms with Crippen LogP contribution >= 0.6 is 0 Å². The van der Waals surface area contributed by atoms with Crippen LogP contribution in [0, 0.1) is 15.9 Å². The number of nitrogens with two attached hydrogens (primary N) is 1. The first kappa shape index (κ1) is 9.90. The lowest BCUT2D eigenvalue weighted by molar-refractivity contribution is -0.387. The highest BCUT2D eigenvalue weighted by atomic mass is 19.1. The largest absolute Gasteiger partial charge is 0.410 e. The van der Waals surface area contributed by atoms with Gasteiger partial charge in [0.15, 0.2) is 5.75 Å². The van der Waals surface area contributed by atoms with E-state index in [1.807, 2.05) is 0 Å². The molecule has 0 fully saturated rings. The van der Waals surface area contributed by atoms with Crippen molar-refractivity contribution in [1.29, 1.82) is 0 Å². The zero-order valence-corrected chi connectivity index (χ0v) is 6.77. The van der Waals surface area contributed by atoms with Gasteiger partial charge < -0.3 is 10.5 Å². The number of hydrogen-bond donors (Lipinski definition) is 1. The van der Waals surface area contributed by atoms with Crippen LogP contribution in [0.25, 0.3) is 0 Å². The van der Waals surface area contributed by atoms with E-state index >= 15 is 0 Å². The third kappa shape index (κ3) is 1.94. The molecule has 2 N–H and O–H groups in total. The molecule has 7 heteroatoms. The van der Waals surface area contributed by atoms with Gasteiger partial charge in [0.05, 0.1) is 4.92 Å². The molecule has 0 bridgehead atoms. The van der Waals surface area contributed by atoms with Crippen molar-refractivity contribution in [1.82, 2.24) is 0 Å². The van der Waals surface area contributed by atoms with Crippen molar-refractivity contribution in [3.8, 4) is 5.75 Å². The van der Waals surface area contributed by atoms with E-state index in [1.165, 1.54) is 6.07 Å². The second kappa shape index (κ2) is 3.69. The van der Waals surface area contributed by atoms with E-state index < -0.39 is 28.3 Å². The Morgan fingerprint density at radius 1 is 1.57 bits per heavy atom. The molecule has 0 atom stereocenters. The number of amides is 1. The summed E-state index contributed by atoms with van der Waals surface area (Å²) in [6.45, 7) is 0.